The van der Waals surface area contributed by atoms with Gasteiger partial charge in [0.1, 0.15) is 11.1 Å². The molecule has 2 heterocycles. The number of rotatable bonds is 7. The van der Waals surface area contributed by atoms with Crippen LogP contribution in [0.5, 0.6) is 0 Å². The Morgan fingerprint density at radius 3 is 1.98 bits per heavy atom. The molecule has 264 valence electrons. The third-order valence-electron chi connectivity index (χ3n) is 9.56. The second-order valence-corrected chi connectivity index (χ2v) is 14.7. The monoisotopic (exact) mass is 711 g/mol. The van der Waals surface area contributed by atoms with Crippen LogP contribution in [0.15, 0.2) is 127 Å². The molecule has 0 bridgehead atoms. The highest BCUT2D eigenvalue weighted by molar-refractivity contribution is 6.33. The van der Waals surface area contributed by atoms with Crippen molar-refractivity contribution in [2.24, 2.45) is 5.92 Å². The summed E-state index contributed by atoms with van der Waals surface area (Å²) in [4.78, 5) is 28.8. The fraction of sp³-hybridized carbons (Fsp3) is 0.233. The lowest BCUT2D eigenvalue weighted by molar-refractivity contribution is -0.121. The Kier molecular flexibility index (Phi) is 9.51. The highest BCUT2D eigenvalue weighted by Gasteiger charge is 2.41. The van der Waals surface area contributed by atoms with Gasteiger partial charge in [-0.1, -0.05) is 115 Å². The molecule has 3 N–H and O–H groups in total. The fourth-order valence-electron chi connectivity index (χ4n) is 7.21. The minimum absolute atomic E-state index is 0.208. The molecule has 1 aliphatic rings. The number of anilines is 2. The second kappa shape index (κ2) is 14.2. The number of carbonyl (C=O) groups excluding carboxylic acids is 2. The van der Waals surface area contributed by atoms with Gasteiger partial charge in [0.05, 0.1) is 16.5 Å². The van der Waals surface area contributed by atoms with Crippen LogP contribution < -0.4 is 11.1 Å². The number of aromatic nitrogens is 2. The first kappa shape index (κ1) is 34.8. The maximum absolute atomic E-state index is 14.2. The van der Waals surface area contributed by atoms with Crippen molar-refractivity contribution >= 4 is 46.0 Å². The molecule has 0 radical (unpaired) electrons. The van der Waals surface area contributed by atoms with E-state index in [1.807, 2.05) is 110 Å². The van der Waals surface area contributed by atoms with Crippen LogP contribution in [0.25, 0.3) is 22.0 Å². The number of carbonyl (C=O) groups is 2. The average Bonchev–Trinajstić information content (AvgIpc) is 3.50. The molecule has 9 heteroatoms. The molecule has 1 fully saturated rings. The summed E-state index contributed by atoms with van der Waals surface area (Å²) < 4.78 is 7.67. The van der Waals surface area contributed by atoms with Crippen LogP contribution in [0, 0.1) is 5.92 Å². The molecular weight excluding hydrogens is 670 g/mol. The predicted molar refractivity (Wildman–Crippen MR) is 208 cm³/mol. The first-order chi connectivity index (χ1) is 25.0. The van der Waals surface area contributed by atoms with Crippen molar-refractivity contribution in [2.75, 3.05) is 24.1 Å². The maximum atomic E-state index is 14.2. The summed E-state index contributed by atoms with van der Waals surface area (Å²) in [6.07, 6.45) is 0.909. The maximum Gasteiger partial charge on any atom is 0.410 e. The van der Waals surface area contributed by atoms with Gasteiger partial charge in [0, 0.05) is 29.7 Å². The number of nitrogens with zero attached hydrogens (tertiary/aromatic N) is 3. The summed E-state index contributed by atoms with van der Waals surface area (Å²) >= 11 is 6.73. The highest BCUT2D eigenvalue weighted by Crippen LogP contribution is 2.44. The molecule has 1 aliphatic heterocycles. The van der Waals surface area contributed by atoms with E-state index in [0.29, 0.717) is 35.9 Å². The summed E-state index contributed by atoms with van der Waals surface area (Å²) in [6.45, 7) is 6.31. The van der Waals surface area contributed by atoms with E-state index in [-0.39, 0.29) is 12.5 Å². The van der Waals surface area contributed by atoms with Gasteiger partial charge in [0.2, 0.25) is 5.91 Å². The van der Waals surface area contributed by atoms with E-state index < -0.39 is 23.2 Å². The summed E-state index contributed by atoms with van der Waals surface area (Å²) in [5.41, 5.74) is 10.5. The Bertz CT molecular complexity index is 2120. The van der Waals surface area contributed by atoms with E-state index in [9.17, 15) is 9.59 Å². The number of nitrogens with one attached hydrogen (secondary N) is 1. The molecular formula is C43H42ClN5O3. The molecule has 1 atom stereocenters. The van der Waals surface area contributed by atoms with Gasteiger partial charge >= 0.3 is 6.09 Å². The number of piperidine rings is 1. The summed E-state index contributed by atoms with van der Waals surface area (Å²) in [5, 5.41) is 9.80. The Balaban J connectivity index is 1.41. The summed E-state index contributed by atoms with van der Waals surface area (Å²) in [5.74, 6) is -0.242. The van der Waals surface area contributed by atoms with Crippen molar-refractivity contribution in [3.8, 4) is 11.1 Å². The number of hydrogen-bond acceptors (Lipinski definition) is 5. The van der Waals surface area contributed by atoms with Crippen LogP contribution in [0.3, 0.4) is 0 Å². The molecule has 6 aromatic rings. The van der Waals surface area contributed by atoms with Gasteiger partial charge < -0.3 is 20.7 Å². The normalized spacial score (nSPS) is 15.0. The number of halogens is 1. The molecule has 1 aromatic heterocycles. The summed E-state index contributed by atoms with van der Waals surface area (Å²) in [6, 6.07) is 42.4. The van der Waals surface area contributed by atoms with E-state index in [4.69, 9.17) is 27.2 Å². The fourth-order valence-corrected chi connectivity index (χ4v) is 7.50. The number of ether oxygens (including phenoxy) is 1. The van der Waals surface area contributed by atoms with Crippen molar-refractivity contribution in [1.29, 1.82) is 0 Å². The lowest BCUT2D eigenvalue weighted by atomic mass is 9.77. The Hall–Kier alpha value is -5.60. The van der Waals surface area contributed by atoms with E-state index in [2.05, 4.69) is 41.7 Å². The molecule has 8 nitrogen and oxygen atoms in total. The number of nitrogens with two attached hydrogens (primary N) is 1. The molecule has 0 aliphatic carbocycles. The predicted octanol–water partition coefficient (Wildman–Crippen LogP) is 9.36. The van der Waals surface area contributed by atoms with Gasteiger partial charge in [-0.2, -0.15) is 5.10 Å². The molecule has 1 unspecified atom stereocenters. The number of nitrogen functional groups attached to an aromatic ring is 1. The molecule has 5 aromatic carbocycles. The van der Waals surface area contributed by atoms with E-state index in [0.717, 1.165) is 38.7 Å². The molecule has 0 saturated carbocycles. The Morgan fingerprint density at radius 1 is 0.827 bits per heavy atom. The number of benzene rings is 5. The number of fused-ring (bicyclic) bond motifs is 1. The van der Waals surface area contributed by atoms with Gasteiger partial charge in [-0.15, -0.1) is 0 Å². The van der Waals surface area contributed by atoms with Gasteiger partial charge in [0.25, 0.3) is 0 Å². The van der Waals surface area contributed by atoms with E-state index in [1.54, 1.807) is 11.0 Å². The second-order valence-electron chi connectivity index (χ2n) is 14.3. The standard InChI is InChI=1S/C43H42ClN5O3/c1-42(2,3)52-41(51)48-25-13-14-30(28-48)40(50)46-39-36-26-29(35-23-22-34(45)27-37(35)44)21-24-38(36)49(47-39)43(31-15-7-4-8-16-31,32-17-9-5-10-18-32)33-19-11-6-12-20-33/h4-12,15-24,26-27,30H,13-14,25,28,45H2,1-3H3,(H,46,47,50). The molecule has 0 spiro atoms. The minimum Gasteiger partial charge on any atom is -0.444 e. The topological polar surface area (TPSA) is 102 Å². The van der Waals surface area contributed by atoms with E-state index >= 15 is 0 Å². The minimum atomic E-state index is -0.927. The van der Waals surface area contributed by atoms with Gasteiger partial charge in [-0.3, -0.25) is 4.79 Å². The van der Waals surface area contributed by atoms with Crippen LogP contribution in [-0.4, -0.2) is 45.4 Å². The molecule has 52 heavy (non-hydrogen) atoms. The average molecular weight is 712 g/mol. The van der Waals surface area contributed by atoms with Crippen LogP contribution in [-0.2, 0) is 15.1 Å². The molecule has 7 rings (SSSR count). The van der Waals surface area contributed by atoms with Crippen molar-refractivity contribution in [3.63, 3.8) is 0 Å². The summed E-state index contributed by atoms with van der Waals surface area (Å²) in [7, 11) is 0. The first-order valence-electron chi connectivity index (χ1n) is 17.6. The molecule has 2 amide bonds. The van der Waals surface area contributed by atoms with Crippen molar-refractivity contribution in [1.82, 2.24) is 14.7 Å². The number of likely N-dealkylation sites (tertiary alicyclic amines) is 1. The highest BCUT2D eigenvalue weighted by atomic mass is 35.5. The van der Waals surface area contributed by atoms with E-state index in [1.165, 1.54) is 0 Å². The van der Waals surface area contributed by atoms with Gasteiger partial charge in [-0.05, 0) is 80.1 Å². The van der Waals surface area contributed by atoms with Crippen LogP contribution in [0.1, 0.15) is 50.3 Å². The lowest BCUT2D eigenvalue weighted by Crippen LogP contribution is -2.45. The zero-order chi connectivity index (χ0) is 36.5. The lowest BCUT2D eigenvalue weighted by Gasteiger charge is -2.37. The van der Waals surface area contributed by atoms with Gasteiger partial charge in [-0.25, -0.2) is 9.48 Å². The SMILES string of the molecule is CC(C)(C)OC(=O)N1CCCC(C(=O)Nc2nn(C(c3ccccc3)(c3ccccc3)c3ccccc3)c3ccc(-c4ccc(N)cc4Cl)cc23)C1. The van der Waals surface area contributed by atoms with Crippen molar-refractivity contribution < 1.29 is 14.3 Å². The number of hydrogen-bond donors (Lipinski definition) is 2. The zero-order valence-corrected chi connectivity index (χ0v) is 30.3. The number of amides is 2. The molecule has 1 saturated heterocycles. The van der Waals surface area contributed by atoms with Crippen LogP contribution >= 0.6 is 11.6 Å². The Labute approximate surface area is 309 Å². The van der Waals surface area contributed by atoms with Crippen LogP contribution in [0.2, 0.25) is 5.02 Å². The Morgan fingerprint density at radius 2 is 1.42 bits per heavy atom. The first-order valence-corrected chi connectivity index (χ1v) is 18.0. The quantitative estimate of drug-likeness (QED) is 0.127. The van der Waals surface area contributed by atoms with Crippen LogP contribution in [0.4, 0.5) is 16.3 Å². The largest absolute Gasteiger partial charge is 0.444 e. The zero-order valence-electron chi connectivity index (χ0n) is 29.6. The third-order valence-corrected chi connectivity index (χ3v) is 9.87. The van der Waals surface area contributed by atoms with Gasteiger partial charge in [0.15, 0.2) is 5.82 Å². The van der Waals surface area contributed by atoms with Crippen molar-refractivity contribution in [3.05, 3.63) is 149 Å². The third kappa shape index (κ3) is 6.74. The van der Waals surface area contributed by atoms with Crippen molar-refractivity contribution in [2.45, 2.75) is 44.8 Å². The smallest absolute Gasteiger partial charge is 0.410 e.